The van der Waals surface area contributed by atoms with E-state index < -0.39 is 0 Å². The summed E-state index contributed by atoms with van der Waals surface area (Å²) in [5.74, 6) is 1.56. The van der Waals surface area contributed by atoms with Gasteiger partial charge in [-0.15, -0.1) is 0 Å². The van der Waals surface area contributed by atoms with Crippen LogP contribution in [0.5, 0.6) is 0 Å². The number of aryl methyl sites for hydroxylation is 1. The second kappa shape index (κ2) is 9.16. The molecule has 0 aliphatic carbocycles. The maximum atomic E-state index is 5.19. The molecule has 0 radical (unpaired) electrons. The van der Waals surface area contributed by atoms with Crippen LogP contribution in [0, 0.1) is 0 Å². The van der Waals surface area contributed by atoms with Gasteiger partial charge in [-0.2, -0.15) is 4.98 Å². The van der Waals surface area contributed by atoms with Gasteiger partial charge in [0.2, 0.25) is 5.89 Å². The minimum absolute atomic E-state index is 0.705. The number of aromatic nitrogens is 2. The largest absolute Gasteiger partial charge is 0.339 e. The van der Waals surface area contributed by atoms with Crippen LogP contribution in [0.15, 0.2) is 4.52 Å². The van der Waals surface area contributed by atoms with Crippen LogP contribution in [0.25, 0.3) is 0 Å². The van der Waals surface area contributed by atoms with E-state index in [0.717, 1.165) is 31.1 Å². The maximum Gasteiger partial charge on any atom is 0.226 e. The summed E-state index contributed by atoms with van der Waals surface area (Å²) >= 11 is 0. The molecule has 4 nitrogen and oxygen atoms in total. The number of nitrogens with zero attached hydrogens (tertiary/aromatic N) is 2. The van der Waals surface area contributed by atoms with Crippen molar-refractivity contribution in [2.75, 3.05) is 6.54 Å². The second-order valence-corrected chi connectivity index (χ2v) is 4.40. The van der Waals surface area contributed by atoms with Crippen LogP contribution < -0.4 is 5.32 Å². The van der Waals surface area contributed by atoms with E-state index in [4.69, 9.17) is 4.52 Å². The third kappa shape index (κ3) is 6.41. The van der Waals surface area contributed by atoms with E-state index in [1.54, 1.807) is 0 Å². The first-order valence-electron chi connectivity index (χ1n) is 6.89. The van der Waals surface area contributed by atoms with Gasteiger partial charge in [-0.25, -0.2) is 0 Å². The van der Waals surface area contributed by atoms with Crippen LogP contribution in [0.2, 0.25) is 0 Å². The molecule has 0 spiro atoms. The third-order valence-electron chi connectivity index (χ3n) is 2.79. The molecular weight excluding hydrogens is 214 g/mol. The van der Waals surface area contributed by atoms with Crippen molar-refractivity contribution in [2.24, 2.45) is 0 Å². The van der Waals surface area contributed by atoms with Crippen molar-refractivity contribution in [1.82, 2.24) is 15.5 Å². The van der Waals surface area contributed by atoms with Gasteiger partial charge in [0, 0.05) is 6.42 Å². The van der Waals surface area contributed by atoms with Gasteiger partial charge in [-0.3, -0.25) is 0 Å². The molecule has 17 heavy (non-hydrogen) atoms. The van der Waals surface area contributed by atoms with Crippen molar-refractivity contribution < 1.29 is 4.52 Å². The minimum Gasteiger partial charge on any atom is -0.339 e. The lowest BCUT2D eigenvalue weighted by Crippen LogP contribution is -2.12. The molecule has 0 fully saturated rings. The van der Waals surface area contributed by atoms with E-state index in [-0.39, 0.29) is 0 Å². The standard InChI is InChI=1S/C13H25N3O/c1-3-5-6-7-8-9-10-13-15-12(16-17-13)11-14-4-2/h14H,3-11H2,1-2H3. The first kappa shape index (κ1) is 14.2. The van der Waals surface area contributed by atoms with Gasteiger partial charge in [0.05, 0.1) is 6.54 Å². The highest BCUT2D eigenvalue weighted by Gasteiger charge is 2.04. The van der Waals surface area contributed by atoms with Gasteiger partial charge in [-0.05, 0) is 13.0 Å². The van der Waals surface area contributed by atoms with Crippen LogP contribution in [0.1, 0.15) is 64.1 Å². The summed E-state index contributed by atoms with van der Waals surface area (Å²) in [6.45, 7) is 5.94. The number of hydrogen-bond donors (Lipinski definition) is 1. The predicted octanol–water partition coefficient (Wildman–Crippen LogP) is 3.08. The highest BCUT2D eigenvalue weighted by atomic mass is 16.5. The van der Waals surface area contributed by atoms with E-state index in [1.807, 2.05) is 0 Å². The lowest BCUT2D eigenvalue weighted by Gasteiger charge is -1.97. The first-order valence-corrected chi connectivity index (χ1v) is 6.89. The average molecular weight is 239 g/mol. The molecule has 0 aromatic carbocycles. The summed E-state index contributed by atoms with van der Waals surface area (Å²) in [5, 5.41) is 7.12. The van der Waals surface area contributed by atoms with Crippen molar-refractivity contribution in [2.45, 2.75) is 65.3 Å². The normalized spacial score (nSPS) is 10.9. The van der Waals surface area contributed by atoms with Gasteiger partial charge < -0.3 is 9.84 Å². The molecule has 1 rings (SSSR count). The molecule has 0 aliphatic heterocycles. The number of rotatable bonds is 10. The van der Waals surface area contributed by atoms with Crippen molar-refractivity contribution in [3.63, 3.8) is 0 Å². The fourth-order valence-electron chi connectivity index (χ4n) is 1.76. The lowest BCUT2D eigenvalue weighted by molar-refractivity contribution is 0.367. The minimum atomic E-state index is 0.705. The van der Waals surface area contributed by atoms with E-state index in [1.165, 1.54) is 32.1 Å². The van der Waals surface area contributed by atoms with Crippen LogP contribution in [-0.4, -0.2) is 16.7 Å². The molecule has 0 aliphatic rings. The van der Waals surface area contributed by atoms with Gasteiger partial charge in [0.25, 0.3) is 0 Å². The Bertz CT molecular complexity index is 286. The van der Waals surface area contributed by atoms with Crippen molar-refractivity contribution >= 4 is 0 Å². The van der Waals surface area contributed by atoms with Crippen LogP contribution in [0.4, 0.5) is 0 Å². The van der Waals surface area contributed by atoms with Gasteiger partial charge in [-0.1, -0.05) is 51.1 Å². The summed E-state index contributed by atoms with van der Waals surface area (Å²) in [5.41, 5.74) is 0. The smallest absolute Gasteiger partial charge is 0.226 e. The number of nitrogens with one attached hydrogen (secondary N) is 1. The molecule has 0 unspecified atom stereocenters. The number of hydrogen-bond acceptors (Lipinski definition) is 4. The Morgan fingerprint density at radius 1 is 1.06 bits per heavy atom. The molecule has 0 atom stereocenters. The lowest BCUT2D eigenvalue weighted by atomic mass is 10.1. The Labute approximate surface area is 104 Å². The van der Waals surface area contributed by atoms with Crippen LogP contribution in [-0.2, 0) is 13.0 Å². The topological polar surface area (TPSA) is 51.0 Å². The molecule has 1 N–H and O–H groups in total. The Balaban J connectivity index is 2.08. The molecule has 98 valence electrons. The summed E-state index contributed by atoms with van der Waals surface area (Å²) < 4.78 is 5.19. The SMILES string of the molecule is CCCCCCCCc1nc(CNCC)no1. The van der Waals surface area contributed by atoms with E-state index in [9.17, 15) is 0 Å². The Kier molecular flexibility index (Phi) is 7.63. The van der Waals surface area contributed by atoms with Crippen molar-refractivity contribution in [3.05, 3.63) is 11.7 Å². The molecule has 1 heterocycles. The van der Waals surface area contributed by atoms with Crippen molar-refractivity contribution in [3.8, 4) is 0 Å². The monoisotopic (exact) mass is 239 g/mol. The predicted molar refractivity (Wildman–Crippen MR) is 68.8 cm³/mol. The van der Waals surface area contributed by atoms with Gasteiger partial charge in [0.15, 0.2) is 5.82 Å². The zero-order valence-electron chi connectivity index (χ0n) is 11.2. The van der Waals surface area contributed by atoms with Crippen molar-refractivity contribution in [1.29, 1.82) is 0 Å². The van der Waals surface area contributed by atoms with Gasteiger partial charge in [0.1, 0.15) is 0 Å². The summed E-state index contributed by atoms with van der Waals surface area (Å²) in [6, 6.07) is 0. The maximum absolute atomic E-state index is 5.19. The fourth-order valence-corrected chi connectivity index (χ4v) is 1.76. The first-order chi connectivity index (χ1) is 8.36. The fraction of sp³-hybridized carbons (Fsp3) is 0.846. The van der Waals surface area contributed by atoms with Gasteiger partial charge >= 0.3 is 0 Å². The second-order valence-electron chi connectivity index (χ2n) is 4.40. The molecule has 0 saturated carbocycles. The highest BCUT2D eigenvalue weighted by Crippen LogP contribution is 2.08. The molecule has 0 amide bonds. The summed E-state index contributed by atoms with van der Waals surface area (Å²) in [6.07, 6.45) is 8.69. The van der Waals surface area contributed by atoms with Crippen LogP contribution in [0.3, 0.4) is 0 Å². The zero-order chi connectivity index (χ0) is 12.3. The Morgan fingerprint density at radius 3 is 2.59 bits per heavy atom. The molecule has 1 aromatic heterocycles. The van der Waals surface area contributed by atoms with E-state index in [2.05, 4.69) is 29.3 Å². The highest BCUT2D eigenvalue weighted by molar-refractivity contribution is 4.85. The van der Waals surface area contributed by atoms with E-state index in [0.29, 0.717) is 6.54 Å². The van der Waals surface area contributed by atoms with Crippen LogP contribution >= 0.6 is 0 Å². The molecular formula is C13H25N3O. The summed E-state index contributed by atoms with van der Waals surface area (Å²) in [7, 11) is 0. The Hall–Kier alpha value is -0.900. The average Bonchev–Trinajstić information content (AvgIpc) is 2.79. The zero-order valence-corrected chi connectivity index (χ0v) is 11.2. The number of unbranched alkanes of at least 4 members (excludes halogenated alkanes) is 5. The molecule has 0 bridgehead atoms. The van der Waals surface area contributed by atoms with E-state index >= 15 is 0 Å². The quantitative estimate of drug-likeness (QED) is 0.637. The molecule has 1 aromatic rings. The summed E-state index contributed by atoms with van der Waals surface area (Å²) in [4.78, 5) is 4.34. The molecule has 0 saturated heterocycles. The molecule has 4 heteroatoms. The Morgan fingerprint density at radius 2 is 1.82 bits per heavy atom. The third-order valence-corrected chi connectivity index (χ3v) is 2.79.